The van der Waals surface area contributed by atoms with Crippen LogP contribution in [0.25, 0.3) is 10.9 Å². The van der Waals surface area contributed by atoms with Gasteiger partial charge in [-0.3, -0.25) is 14.2 Å². The van der Waals surface area contributed by atoms with Crippen LogP contribution < -0.4 is 9.47 Å². The van der Waals surface area contributed by atoms with Crippen molar-refractivity contribution in [2.75, 3.05) is 7.11 Å². The summed E-state index contributed by atoms with van der Waals surface area (Å²) in [4.78, 5) is 24.5. The SMILES string of the molecule is COc1cc2c(CC(=O)O)c(C)n(C(=O)c3ccc(OC(F)(F)C(F)(F)F)cc3)c2cc1Cl. The third kappa shape index (κ3) is 4.58. The first kappa shape index (κ1) is 24.3. The molecule has 33 heavy (non-hydrogen) atoms. The number of carboxylic acid groups (broad SMARTS) is 1. The van der Waals surface area contributed by atoms with Gasteiger partial charge in [0.2, 0.25) is 0 Å². The largest absolute Gasteiger partial charge is 0.499 e. The lowest BCUT2D eigenvalue weighted by atomic mass is 10.1. The Labute approximate surface area is 188 Å². The monoisotopic (exact) mass is 491 g/mol. The van der Waals surface area contributed by atoms with Crippen LogP contribution in [0.2, 0.25) is 5.02 Å². The summed E-state index contributed by atoms with van der Waals surface area (Å²) in [5.41, 5.74) is 0.797. The van der Waals surface area contributed by atoms with Crippen LogP contribution in [0.3, 0.4) is 0 Å². The molecular weight excluding hydrogens is 477 g/mol. The molecule has 0 bridgehead atoms. The molecule has 0 spiro atoms. The number of carbonyl (C=O) groups is 2. The van der Waals surface area contributed by atoms with Gasteiger partial charge in [-0.05, 0) is 48.9 Å². The standard InChI is InChI=1S/C21H15ClF5NO5/c1-10-13(8-18(29)30)14-7-17(32-2)15(22)9-16(14)28(10)19(31)11-3-5-12(6-4-11)33-21(26,27)20(23,24)25/h3-7,9H,8H2,1-2H3,(H,29,30). The minimum absolute atomic E-state index is 0.0773. The highest BCUT2D eigenvalue weighted by Crippen LogP contribution is 2.38. The lowest BCUT2D eigenvalue weighted by molar-refractivity contribution is -0.360. The zero-order chi connectivity index (χ0) is 24.7. The molecule has 3 aromatic rings. The molecule has 12 heteroatoms. The van der Waals surface area contributed by atoms with E-state index in [2.05, 4.69) is 4.74 Å². The molecule has 176 valence electrons. The minimum atomic E-state index is -5.91. The van der Waals surface area contributed by atoms with E-state index < -0.39 is 36.3 Å². The van der Waals surface area contributed by atoms with Crippen LogP contribution in [0, 0.1) is 6.92 Å². The maximum atomic E-state index is 13.2. The summed E-state index contributed by atoms with van der Waals surface area (Å²) in [5.74, 6) is -2.38. The zero-order valence-electron chi connectivity index (χ0n) is 17.0. The number of aromatic nitrogens is 1. The first-order chi connectivity index (χ1) is 15.3. The molecular formula is C21H15ClF5NO5. The van der Waals surface area contributed by atoms with E-state index in [1.54, 1.807) is 0 Å². The van der Waals surface area contributed by atoms with Gasteiger partial charge < -0.3 is 14.6 Å². The molecule has 2 aromatic carbocycles. The smallest absolute Gasteiger partial charge is 0.495 e. The minimum Gasteiger partial charge on any atom is -0.495 e. The number of halogens is 6. The Bertz CT molecular complexity index is 1230. The van der Waals surface area contributed by atoms with Gasteiger partial charge in [-0.15, -0.1) is 0 Å². The maximum absolute atomic E-state index is 13.2. The predicted molar refractivity (Wildman–Crippen MR) is 107 cm³/mol. The average Bonchev–Trinajstić information content (AvgIpc) is 2.96. The highest BCUT2D eigenvalue weighted by molar-refractivity contribution is 6.33. The Morgan fingerprint density at radius 2 is 1.70 bits per heavy atom. The molecule has 3 rings (SSSR count). The van der Waals surface area contributed by atoms with Gasteiger partial charge in [0.1, 0.15) is 11.5 Å². The molecule has 0 aliphatic rings. The highest BCUT2D eigenvalue weighted by atomic mass is 35.5. The van der Waals surface area contributed by atoms with E-state index in [1.165, 1.54) is 30.7 Å². The van der Waals surface area contributed by atoms with Crippen LogP contribution in [-0.4, -0.2) is 40.9 Å². The molecule has 0 aliphatic heterocycles. The van der Waals surface area contributed by atoms with E-state index in [1.807, 2.05) is 0 Å². The van der Waals surface area contributed by atoms with Crippen molar-refractivity contribution >= 4 is 34.4 Å². The zero-order valence-corrected chi connectivity index (χ0v) is 17.7. The van der Waals surface area contributed by atoms with Gasteiger partial charge in [0.05, 0.1) is 24.1 Å². The summed E-state index contributed by atoms with van der Waals surface area (Å²) in [5, 5.41) is 9.82. The molecule has 0 amide bonds. The molecule has 0 saturated heterocycles. The van der Waals surface area contributed by atoms with Crippen molar-refractivity contribution < 1.29 is 46.1 Å². The molecule has 1 heterocycles. The fourth-order valence-corrected chi connectivity index (χ4v) is 3.51. The van der Waals surface area contributed by atoms with Gasteiger partial charge in [-0.1, -0.05) is 11.6 Å². The third-order valence-electron chi connectivity index (χ3n) is 4.82. The van der Waals surface area contributed by atoms with Crippen molar-refractivity contribution in [2.24, 2.45) is 0 Å². The van der Waals surface area contributed by atoms with Crippen molar-refractivity contribution in [1.29, 1.82) is 0 Å². The number of methoxy groups -OCH3 is 1. The molecule has 1 aromatic heterocycles. The topological polar surface area (TPSA) is 77.8 Å². The van der Waals surface area contributed by atoms with Gasteiger partial charge >= 0.3 is 18.3 Å². The summed E-state index contributed by atoms with van der Waals surface area (Å²) >= 11 is 6.17. The average molecular weight is 492 g/mol. The molecule has 0 fully saturated rings. The van der Waals surface area contributed by atoms with Crippen LogP contribution in [0.5, 0.6) is 11.5 Å². The van der Waals surface area contributed by atoms with Crippen LogP contribution >= 0.6 is 11.6 Å². The van der Waals surface area contributed by atoms with E-state index in [9.17, 15) is 36.6 Å². The van der Waals surface area contributed by atoms with E-state index in [0.29, 0.717) is 10.9 Å². The number of ether oxygens (including phenoxy) is 2. The second kappa shape index (κ2) is 8.54. The van der Waals surface area contributed by atoms with E-state index >= 15 is 0 Å². The second-order valence-electron chi connectivity index (χ2n) is 6.92. The summed E-state index contributed by atoms with van der Waals surface area (Å²) in [6, 6.07) is 6.51. The Balaban J connectivity index is 2.06. The number of rotatable bonds is 6. The van der Waals surface area contributed by atoms with Gasteiger partial charge in [0.25, 0.3) is 5.91 Å². The van der Waals surface area contributed by atoms with Crippen LogP contribution in [0.4, 0.5) is 22.0 Å². The molecule has 1 N–H and O–H groups in total. The van der Waals surface area contributed by atoms with Crippen molar-refractivity contribution in [3.05, 3.63) is 58.2 Å². The van der Waals surface area contributed by atoms with E-state index in [-0.39, 0.29) is 27.5 Å². The van der Waals surface area contributed by atoms with Crippen LogP contribution in [0.15, 0.2) is 36.4 Å². The molecule has 0 unspecified atom stereocenters. The summed E-state index contributed by atoms with van der Waals surface area (Å²) in [7, 11) is 1.37. The Kier molecular flexibility index (Phi) is 6.29. The fourth-order valence-electron chi connectivity index (χ4n) is 3.27. The highest BCUT2D eigenvalue weighted by Gasteiger charge is 2.61. The van der Waals surface area contributed by atoms with Gasteiger partial charge in [-0.2, -0.15) is 22.0 Å². The van der Waals surface area contributed by atoms with Crippen LogP contribution in [0.1, 0.15) is 21.6 Å². The van der Waals surface area contributed by atoms with Gasteiger partial charge in [0, 0.05) is 16.6 Å². The molecule has 0 atom stereocenters. The number of nitrogens with zero attached hydrogens (tertiary/aromatic N) is 1. The summed E-state index contributed by atoms with van der Waals surface area (Å²) in [6.07, 6.45) is -11.7. The number of carbonyl (C=O) groups excluding carboxylic acids is 1. The van der Waals surface area contributed by atoms with Crippen molar-refractivity contribution in [3.8, 4) is 11.5 Å². The van der Waals surface area contributed by atoms with Gasteiger partial charge in [-0.25, -0.2) is 0 Å². The first-order valence-electron chi connectivity index (χ1n) is 9.14. The first-order valence-corrected chi connectivity index (χ1v) is 9.52. The predicted octanol–water partition coefficient (Wildman–Crippen LogP) is 5.46. The van der Waals surface area contributed by atoms with Gasteiger partial charge in [0.15, 0.2) is 0 Å². The molecule has 0 saturated carbocycles. The number of carboxylic acids is 1. The Morgan fingerprint density at radius 1 is 1.09 bits per heavy atom. The number of benzene rings is 2. The normalized spacial score (nSPS) is 12.1. The number of hydrogen-bond acceptors (Lipinski definition) is 4. The molecule has 0 radical (unpaired) electrons. The number of fused-ring (bicyclic) bond motifs is 1. The summed E-state index contributed by atoms with van der Waals surface area (Å²) < 4.78 is 73.2. The fraction of sp³-hybridized carbons (Fsp3) is 0.238. The maximum Gasteiger partial charge on any atom is 0.499 e. The number of alkyl halides is 5. The summed E-state index contributed by atoms with van der Waals surface area (Å²) in [6.45, 7) is 1.51. The Hall–Kier alpha value is -3.34. The lowest BCUT2D eigenvalue weighted by Gasteiger charge is -2.20. The van der Waals surface area contributed by atoms with Crippen LogP contribution in [-0.2, 0) is 11.2 Å². The van der Waals surface area contributed by atoms with Crippen molar-refractivity contribution in [2.45, 2.75) is 25.6 Å². The lowest BCUT2D eigenvalue weighted by Crippen LogP contribution is -2.41. The quantitative estimate of drug-likeness (QED) is 0.463. The molecule has 0 aliphatic carbocycles. The second-order valence-corrected chi connectivity index (χ2v) is 7.33. The number of aliphatic carboxylic acids is 1. The van der Waals surface area contributed by atoms with E-state index in [4.69, 9.17) is 16.3 Å². The number of hydrogen-bond donors (Lipinski definition) is 1. The third-order valence-corrected chi connectivity index (χ3v) is 5.11. The van der Waals surface area contributed by atoms with E-state index in [0.717, 1.165) is 24.3 Å². The van der Waals surface area contributed by atoms with Crippen molar-refractivity contribution in [1.82, 2.24) is 4.57 Å². The van der Waals surface area contributed by atoms with Crippen molar-refractivity contribution in [3.63, 3.8) is 0 Å². The Morgan fingerprint density at radius 3 is 2.21 bits per heavy atom. The molecule has 6 nitrogen and oxygen atoms in total.